The zero-order valence-corrected chi connectivity index (χ0v) is 15.3. The van der Waals surface area contributed by atoms with Crippen molar-refractivity contribution in [2.75, 3.05) is 6.61 Å². The number of aromatic nitrogens is 5. The second kappa shape index (κ2) is 10.2. The molecule has 2 N–H and O–H groups in total. The Balaban J connectivity index is 0.000000396. The van der Waals surface area contributed by atoms with E-state index in [4.69, 9.17) is 15.0 Å². The minimum Gasteiger partial charge on any atom is -0.475 e. The summed E-state index contributed by atoms with van der Waals surface area (Å²) < 4.78 is 31.7. The van der Waals surface area contributed by atoms with Crippen molar-refractivity contribution in [1.29, 1.82) is 0 Å². The van der Waals surface area contributed by atoms with Crippen molar-refractivity contribution in [2.45, 2.75) is 19.1 Å². The number of aliphatic hydroxyl groups is 1. The van der Waals surface area contributed by atoms with Crippen LogP contribution in [0.25, 0.3) is 0 Å². The van der Waals surface area contributed by atoms with E-state index in [-0.39, 0.29) is 5.78 Å². The molecule has 0 atom stereocenters. The lowest BCUT2D eigenvalue weighted by Crippen LogP contribution is -2.21. The largest absolute Gasteiger partial charge is 0.490 e. The normalized spacial score (nSPS) is 10.8. The predicted molar refractivity (Wildman–Crippen MR) is 95.5 cm³/mol. The van der Waals surface area contributed by atoms with Gasteiger partial charge in [-0.2, -0.15) is 18.0 Å². The number of Topliss-reactive ketones (excluding diaryl/α,β-unsaturated/α-hetero) is 1. The number of rotatable bonds is 6. The minimum atomic E-state index is -5.08. The lowest BCUT2D eigenvalue weighted by Gasteiger charge is -2.01. The molecule has 0 fully saturated rings. The average molecular weight is 423 g/mol. The number of alkyl halides is 3. The van der Waals surface area contributed by atoms with Crippen LogP contribution in [-0.4, -0.2) is 59.9 Å². The fourth-order valence-electron chi connectivity index (χ4n) is 2.13. The molecule has 1 aromatic carbocycles. The van der Waals surface area contributed by atoms with Crippen LogP contribution in [0.2, 0.25) is 0 Å². The standard InChI is InChI=1S/C16H15N5O2.C2HF3O2/c22-11-15(23)13-6-4-12(5-7-13)10-21-19-16(18-20-21)9-14-3-1-2-8-17-14;3-2(4,5)1(6)7/h1-8,22H,9-11H2;(H,6,7). The van der Waals surface area contributed by atoms with E-state index < -0.39 is 18.8 Å². The lowest BCUT2D eigenvalue weighted by molar-refractivity contribution is -0.192. The van der Waals surface area contributed by atoms with Crippen LogP contribution in [0.3, 0.4) is 0 Å². The number of carbonyl (C=O) groups is 2. The van der Waals surface area contributed by atoms with E-state index in [1.165, 1.54) is 4.80 Å². The molecule has 2 heterocycles. The Hall–Kier alpha value is -3.67. The molecule has 0 unspecified atom stereocenters. The second-order valence-corrected chi connectivity index (χ2v) is 5.82. The van der Waals surface area contributed by atoms with E-state index in [0.29, 0.717) is 24.4 Å². The van der Waals surface area contributed by atoms with Crippen LogP contribution in [-0.2, 0) is 17.8 Å². The highest BCUT2D eigenvalue weighted by Gasteiger charge is 2.38. The van der Waals surface area contributed by atoms with Gasteiger partial charge in [0.05, 0.1) is 13.0 Å². The molecule has 0 aliphatic rings. The van der Waals surface area contributed by atoms with Gasteiger partial charge in [-0.1, -0.05) is 30.3 Å². The molecule has 158 valence electrons. The van der Waals surface area contributed by atoms with E-state index in [1.54, 1.807) is 18.3 Å². The quantitative estimate of drug-likeness (QED) is 0.571. The molecule has 0 aliphatic carbocycles. The van der Waals surface area contributed by atoms with Gasteiger partial charge < -0.3 is 10.2 Å². The Morgan fingerprint density at radius 3 is 2.27 bits per heavy atom. The fourth-order valence-corrected chi connectivity index (χ4v) is 2.13. The molecule has 0 bridgehead atoms. The number of hydrogen-bond donors (Lipinski definition) is 2. The summed E-state index contributed by atoms with van der Waals surface area (Å²) in [7, 11) is 0. The van der Waals surface area contributed by atoms with Crippen molar-refractivity contribution < 1.29 is 33.0 Å². The molecule has 3 aromatic rings. The van der Waals surface area contributed by atoms with Crippen molar-refractivity contribution in [1.82, 2.24) is 25.2 Å². The maximum absolute atomic E-state index is 11.4. The van der Waals surface area contributed by atoms with Gasteiger partial charge in [-0.05, 0) is 22.9 Å². The molecule has 3 rings (SSSR count). The van der Waals surface area contributed by atoms with Gasteiger partial charge in [0.15, 0.2) is 11.6 Å². The highest BCUT2D eigenvalue weighted by molar-refractivity contribution is 5.96. The number of carboxylic acids is 1. The Labute approximate surface area is 167 Å². The highest BCUT2D eigenvalue weighted by Crippen LogP contribution is 2.13. The second-order valence-electron chi connectivity index (χ2n) is 5.82. The van der Waals surface area contributed by atoms with Crippen molar-refractivity contribution in [2.24, 2.45) is 0 Å². The zero-order chi connectivity index (χ0) is 22.1. The summed E-state index contributed by atoms with van der Waals surface area (Å²) in [6.07, 6.45) is -2.82. The number of hydrogen-bond acceptors (Lipinski definition) is 7. The van der Waals surface area contributed by atoms with E-state index in [2.05, 4.69) is 20.4 Å². The lowest BCUT2D eigenvalue weighted by atomic mass is 10.1. The summed E-state index contributed by atoms with van der Waals surface area (Å²) in [6, 6.07) is 12.7. The third kappa shape index (κ3) is 7.05. The third-order valence-corrected chi connectivity index (χ3v) is 3.55. The zero-order valence-electron chi connectivity index (χ0n) is 15.3. The van der Waals surface area contributed by atoms with E-state index in [0.717, 1.165) is 11.3 Å². The first-order valence-electron chi connectivity index (χ1n) is 8.38. The fraction of sp³-hybridized carbons (Fsp3) is 0.222. The van der Waals surface area contributed by atoms with Crippen molar-refractivity contribution in [3.63, 3.8) is 0 Å². The summed E-state index contributed by atoms with van der Waals surface area (Å²) in [5.74, 6) is -2.45. The summed E-state index contributed by atoms with van der Waals surface area (Å²) >= 11 is 0. The molecule has 30 heavy (non-hydrogen) atoms. The number of carbonyl (C=O) groups excluding carboxylic acids is 1. The van der Waals surface area contributed by atoms with Gasteiger partial charge >= 0.3 is 12.1 Å². The summed E-state index contributed by atoms with van der Waals surface area (Å²) in [5.41, 5.74) is 2.32. The predicted octanol–water partition coefficient (Wildman–Crippen LogP) is 1.52. The Bertz CT molecular complexity index is 975. The maximum atomic E-state index is 11.4. The number of pyridine rings is 1. The SMILES string of the molecule is O=C(CO)c1ccc(Cn2nnc(Cc3ccccn3)n2)cc1.O=C(O)C(F)(F)F. The molecule has 2 aromatic heterocycles. The number of benzene rings is 1. The van der Waals surface area contributed by atoms with Gasteiger partial charge in [-0.15, -0.1) is 10.2 Å². The van der Waals surface area contributed by atoms with Crippen LogP contribution in [0, 0.1) is 0 Å². The molecule has 0 saturated heterocycles. The van der Waals surface area contributed by atoms with Crippen LogP contribution < -0.4 is 0 Å². The molecular weight excluding hydrogens is 407 g/mol. The maximum Gasteiger partial charge on any atom is 0.490 e. The molecule has 9 nitrogen and oxygen atoms in total. The molecule has 0 amide bonds. The number of nitrogens with zero attached hydrogens (tertiary/aromatic N) is 5. The van der Waals surface area contributed by atoms with E-state index in [9.17, 15) is 18.0 Å². The van der Waals surface area contributed by atoms with Crippen LogP contribution >= 0.6 is 0 Å². The number of ketones is 1. The number of halogens is 3. The van der Waals surface area contributed by atoms with E-state index in [1.807, 2.05) is 30.3 Å². The molecule has 0 spiro atoms. The topological polar surface area (TPSA) is 131 Å². The van der Waals surface area contributed by atoms with Gasteiger partial charge in [0.1, 0.15) is 6.61 Å². The first-order chi connectivity index (χ1) is 14.2. The van der Waals surface area contributed by atoms with Gasteiger partial charge in [0, 0.05) is 17.5 Å². The molecular formula is C18H16F3N5O4. The first-order valence-corrected chi connectivity index (χ1v) is 8.38. The van der Waals surface area contributed by atoms with Crippen LogP contribution in [0.1, 0.15) is 27.4 Å². The first kappa shape index (κ1) is 22.6. The molecule has 12 heteroatoms. The Morgan fingerprint density at radius 2 is 1.73 bits per heavy atom. The number of tetrazole rings is 1. The van der Waals surface area contributed by atoms with Crippen LogP contribution in [0.5, 0.6) is 0 Å². The average Bonchev–Trinajstić information content (AvgIpc) is 3.15. The molecule has 0 aliphatic heterocycles. The van der Waals surface area contributed by atoms with Gasteiger partial charge in [-0.25, -0.2) is 4.79 Å². The number of aliphatic carboxylic acids is 1. The highest BCUT2D eigenvalue weighted by atomic mass is 19.4. The third-order valence-electron chi connectivity index (χ3n) is 3.55. The van der Waals surface area contributed by atoms with Crippen molar-refractivity contribution in [3.8, 4) is 0 Å². The van der Waals surface area contributed by atoms with Crippen molar-refractivity contribution >= 4 is 11.8 Å². The van der Waals surface area contributed by atoms with Crippen LogP contribution in [0.4, 0.5) is 13.2 Å². The summed E-state index contributed by atoms with van der Waals surface area (Å²) in [6.45, 7) is -0.0241. The van der Waals surface area contributed by atoms with Gasteiger partial charge in [0.25, 0.3) is 0 Å². The summed E-state index contributed by atoms with van der Waals surface area (Å²) in [4.78, 5) is 26.0. The number of aliphatic hydroxyl groups excluding tert-OH is 1. The van der Waals surface area contributed by atoms with Gasteiger partial charge in [0.2, 0.25) is 0 Å². The molecule has 0 saturated carbocycles. The van der Waals surface area contributed by atoms with E-state index >= 15 is 0 Å². The van der Waals surface area contributed by atoms with Crippen molar-refractivity contribution in [3.05, 3.63) is 71.3 Å². The van der Waals surface area contributed by atoms with Crippen LogP contribution in [0.15, 0.2) is 48.7 Å². The Morgan fingerprint density at radius 1 is 1.07 bits per heavy atom. The minimum absolute atomic E-state index is 0.298. The summed E-state index contributed by atoms with van der Waals surface area (Å²) in [5, 5.41) is 28.3. The smallest absolute Gasteiger partial charge is 0.475 e. The van der Waals surface area contributed by atoms with Gasteiger partial charge in [-0.3, -0.25) is 9.78 Å². The Kier molecular flexibility index (Phi) is 7.69. The molecule has 0 radical (unpaired) electrons. The monoisotopic (exact) mass is 423 g/mol. The number of carboxylic acid groups (broad SMARTS) is 1.